The number of hydrogen-bond donors (Lipinski definition) is 2. The minimum atomic E-state index is 0.320. The highest BCUT2D eigenvalue weighted by Crippen LogP contribution is 2.22. The van der Waals surface area contributed by atoms with E-state index in [9.17, 15) is 0 Å². The van der Waals surface area contributed by atoms with Crippen LogP contribution in [-0.4, -0.2) is 41.0 Å². The van der Waals surface area contributed by atoms with Crippen molar-refractivity contribution in [3.05, 3.63) is 24.3 Å². The monoisotopic (exact) mass is 257 g/mol. The zero-order valence-electron chi connectivity index (χ0n) is 11.1. The van der Waals surface area contributed by atoms with Crippen LogP contribution in [-0.2, 0) is 0 Å². The molecule has 100 valence electrons. The standard InChI is InChI=1S/C14H19N5/c1-19-8-4-5-10(19)9-16-13-11-6-2-3-7-12(11)17-14(15)18-13/h2-3,6-7,10H,4-5,8-9H2,1H3,(H3,15,16,17,18). The van der Waals surface area contributed by atoms with Gasteiger partial charge in [0.25, 0.3) is 0 Å². The van der Waals surface area contributed by atoms with Crippen LogP contribution in [0.3, 0.4) is 0 Å². The minimum Gasteiger partial charge on any atom is -0.368 e. The van der Waals surface area contributed by atoms with Crippen LogP contribution in [0.25, 0.3) is 10.9 Å². The number of aromatic nitrogens is 2. The Balaban J connectivity index is 1.84. The Labute approximate surface area is 112 Å². The number of nitrogens with one attached hydrogen (secondary N) is 1. The van der Waals surface area contributed by atoms with Crippen molar-refractivity contribution >= 4 is 22.7 Å². The van der Waals surface area contributed by atoms with Gasteiger partial charge in [-0.05, 0) is 38.6 Å². The number of para-hydroxylation sites is 1. The van der Waals surface area contributed by atoms with E-state index in [0.717, 1.165) is 23.3 Å². The van der Waals surface area contributed by atoms with E-state index in [1.807, 2.05) is 24.3 Å². The van der Waals surface area contributed by atoms with Gasteiger partial charge in [-0.15, -0.1) is 0 Å². The summed E-state index contributed by atoms with van der Waals surface area (Å²) in [4.78, 5) is 11.0. The number of benzene rings is 1. The number of anilines is 2. The lowest BCUT2D eigenvalue weighted by Crippen LogP contribution is -2.31. The van der Waals surface area contributed by atoms with E-state index in [2.05, 4.69) is 27.2 Å². The van der Waals surface area contributed by atoms with Crippen molar-refractivity contribution in [2.75, 3.05) is 31.2 Å². The predicted molar refractivity (Wildman–Crippen MR) is 78.1 cm³/mol. The lowest BCUT2D eigenvalue weighted by Gasteiger charge is -2.20. The number of nitrogens with zero attached hydrogens (tertiary/aromatic N) is 3. The number of nitrogens with two attached hydrogens (primary N) is 1. The van der Waals surface area contributed by atoms with Gasteiger partial charge in [0, 0.05) is 18.0 Å². The average molecular weight is 257 g/mol. The molecule has 0 spiro atoms. The van der Waals surface area contributed by atoms with E-state index in [-0.39, 0.29) is 0 Å². The molecule has 2 aromatic rings. The van der Waals surface area contributed by atoms with Gasteiger partial charge >= 0.3 is 0 Å². The zero-order valence-corrected chi connectivity index (χ0v) is 11.1. The van der Waals surface area contributed by atoms with Gasteiger partial charge in [0.2, 0.25) is 5.95 Å². The second-order valence-corrected chi connectivity index (χ2v) is 5.11. The topological polar surface area (TPSA) is 67.1 Å². The summed E-state index contributed by atoms with van der Waals surface area (Å²) in [6, 6.07) is 8.52. The van der Waals surface area contributed by atoms with Crippen LogP contribution in [0.2, 0.25) is 0 Å². The number of fused-ring (bicyclic) bond motifs is 1. The first-order chi connectivity index (χ1) is 9.24. The van der Waals surface area contributed by atoms with Gasteiger partial charge in [0.1, 0.15) is 5.82 Å². The quantitative estimate of drug-likeness (QED) is 0.876. The molecule has 1 atom stereocenters. The number of likely N-dealkylation sites (N-methyl/N-ethyl adjacent to an activating group) is 1. The van der Waals surface area contributed by atoms with Gasteiger partial charge in [-0.2, -0.15) is 4.98 Å². The van der Waals surface area contributed by atoms with Crippen LogP contribution in [0.4, 0.5) is 11.8 Å². The van der Waals surface area contributed by atoms with Crippen molar-refractivity contribution in [3.63, 3.8) is 0 Å². The summed E-state index contributed by atoms with van der Waals surface area (Å²) < 4.78 is 0. The second-order valence-electron chi connectivity index (χ2n) is 5.11. The Kier molecular flexibility index (Phi) is 3.21. The Morgan fingerprint density at radius 3 is 3.00 bits per heavy atom. The van der Waals surface area contributed by atoms with Crippen molar-refractivity contribution in [3.8, 4) is 0 Å². The number of nitrogen functional groups attached to an aromatic ring is 1. The van der Waals surface area contributed by atoms with E-state index in [1.165, 1.54) is 19.4 Å². The first-order valence-electron chi connectivity index (χ1n) is 6.70. The number of rotatable bonds is 3. The van der Waals surface area contributed by atoms with Crippen LogP contribution in [0.5, 0.6) is 0 Å². The molecule has 3 rings (SSSR count). The first kappa shape index (κ1) is 12.2. The first-order valence-corrected chi connectivity index (χ1v) is 6.70. The molecule has 0 bridgehead atoms. The summed E-state index contributed by atoms with van der Waals surface area (Å²) in [5.74, 6) is 1.16. The summed E-state index contributed by atoms with van der Waals surface area (Å²) in [5, 5.41) is 4.45. The third-order valence-corrected chi connectivity index (χ3v) is 3.80. The maximum atomic E-state index is 5.76. The molecule has 1 aromatic carbocycles. The molecule has 1 fully saturated rings. The lowest BCUT2D eigenvalue weighted by atomic mass is 10.2. The molecular formula is C14H19N5. The summed E-state index contributed by atoms with van der Waals surface area (Å²) in [7, 11) is 2.17. The van der Waals surface area contributed by atoms with Gasteiger partial charge in [-0.1, -0.05) is 12.1 Å². The third-order valence-electron chi connectivity index (χ3n) is 3.80. The van der Waals surface area contributed by atoms with Crippen molar-refractivity contribution in [2.45, 2.75) is 18.9 Å². The normalized spacial score (nSPS) is 19.9. The third kappa shape index (κ3) is 2.46. The van der Waals surface area contributed by atoms with E-state index in [1.54, 1.807) is 0 Å². The largest absolute Gasteiger partial charge is 0.368 e. The van der Waals surface area contributed by atoms with Crippen LogP contribution >= 0.6 is 0 Å². The fourth-order valence-electron chi connectivity index (χ4n) is 2.68. The Hall–Kier alpha value is -1.88. The molecule has 0 radical (unpaired) electrons. The second kappa shape index (κ2) is 5.01. The fraction of sp³-hybridized carbons (Fsp3) is 0.429. The van der Waals surface area contributed by atoms with Crippen LogP contribution in [0.15, 0.2) is 24.3 Å². The molecule has 5 heteroatoms. The fourth-order valence-corrected chi connectivity index (χ4v) is 2.68. The highest BCUT2D eigenvalue weighted by molar-refractivity contribution is 5.89. The maximum Gasteiger partial charge on any atom is 0.222 e. The van der Waals surface area contributed by atoms with Crippen LogP contribution < -0.4 is 11.1 Å². The highest BCUT2D eigenvalue weighted by atomic mass is 15.2. The molecule has 19 heavy (non-hydrogen) atoms. The molecule has 3 N–H and O–H groups in total. The summed E-state index contributed by atoms with van der Waals surface area (Å²) in [6.07, 6.45) is 2.51. The molecule has 1 unspecified atom stereocenters. The molecule has 0 aliphatic carbocycles. The summed E-state index contributed by atoms with van der Waals surface area (Å²) in [5.41, 5.74) is 6.65. The van der Waals surface area contributed by atoms with E-state index >= 15 is 0 Å². The number of likely N-dealkylation sites (tertiary alicyclic amines) is 1. The molecule has 1 aromatic heterocycles. The van der Waals surface area contributed by atoms with E-state index in [4.69, 9.17) is 5.73 Å². The number of hydrogen-bond acceptors (Lipinski definition) is 5. The SMILES string of the molecule is CN1CCCC1CNc1nc(N)nc2ccccc12. The smallest absolute Gasteiger partial charge is 0.222 e. The van der Waals surface area contributed by atoms with Crippen LogP contribution in [0.1, 0.15) is 12.8 Å². The summed E-state index contributed by atoms with van der Waals surface area (Å²) >= 11 is 0. The molecule has 1 aliphatic rings. The van der Waals surface area contributed by atoms with Gasteiger partial charge in [-0.3, -0.25) is 0 Å². The Morgan fingerprint density at radius 2 is 2.21 bits per heavy atom. The zero-order chi connectivity index (χ0) is 13.2. The van der Waals surface area contributed by atoms with Gasteiger partial charge in [0.05, 0.1) is 5.52 Å². The van der Waals surface area contributed by atoms with Gasteiger partial charge < -0.3 is 16.0 Å². The molecule has 0 saturated carbocycles. The van der Waals surface area contributed by atoms with Crippen molar-refractivity contribution in [1.29, 1.82) is 0 Å². The predicted octanol–water partition coefficient (Wildman–Crippen LogP) is 1.72. The van der Waals surface area contributed by atoms with Gasteiger partial charge in [-0.25, -0.2) is 4.98 Å². The molecule has 5 nitrogen and oxygen atoms in total. The highest BCUT2D eigenvalue weighted by Gasteiger charge is 2.20. The molecule has 2 heterocycles. The van der Waals surface area contributed by atoms with Gasteiger partial charge in [0.15, 0.2) is 0 Å². The molecule has 1 saturated heterocycles. The van der Waals surface area contributed by atoms with Crippen molar-refractivity contribution < 1.29 is 0 Å². The Bertz CT molecular complexity index is 583. The lowest BCUT2D eigenvalue weighted by molar-refractivity contribution is 0.322. The molecular weight excluding hydrogens is 238 g/mol. The molecule has 1 aliphatic heterocycles. The molecule has 0 amide bonds. The summed E-state index contributed by atoms with van der Waals surface area (Å²) in [6.45, 7) is 2.08. The van der Waals surface area contributed by atoms with Crippen LogP contribution in [0, 0.1) is 0 Å². The Morgan fingerprint density at radius 1 is 1.37 bits per heavy atom. The van der Waals surface area contributed by atoms with E-state index in [0.29, 0.717) is 12.0 Å². The maximum absolute atomic E-state index is 5.76. The minimum absolute atomic E-state index is 0.320. The van der Waals surface area contributed by atoms with Crippen molar-refractivity contribution in [2.24, 2.45) is 0 Å². The van der Waals surface area contributed by atoms with E-state index < -0.39 is 0 Å². The van der Waals surface area contributed by atoms with Crippen molar-refractivity contribution in [1.82, 2.24) is 14.9 Å². The average Bonchev–Trinajstić information content (AvgIpc) is 2.81.